The van der Waals surface area contributed by atoms with Gasteiger partial charge in [0.05, 0.1) is 0 Å². The minimum atomic E-state index is 0.152. The first-order valence-electron chi connectivity index (χ1n) is 6.28. The summed E-state index contributed by atoms with van der Waals surface area (Å²) in [5.74, 6) is 0.768. The van der Waals surface area contributed by atoms with Gasteiger partial charge in [0, 0.05) is 13.1 Å². The van der Waals surface area contributed by atoms with E-state index < -0.39 is 0 Å². The summed E-state index contributed by atoms with van der Waals surface area (Å²) in [6.45, 7) is 3.64. The zero-order chi connectivity index (χ0) is 12.1. The molecule has 1 fully saturated rings. The van der Waals surface area contributed by atoms with Crippen molar-refractivity contribution in [1.29, 1.82) is 0 Å². The van der Waals surface area contributed by atoms with Crippen LogP contribution < -0.4 is 0 Å². The Morgan fingerprint density at radius 1 is 1.24 bits per heavy atom. The molecule has 2 nitrogen and oxygen atoms in total. The van der Waals surface area contributed by atoms with Crippen LogP contribution in [0.15, 0.2) is 42.5 Å². The van der Waals surface area contributed by atoms with Gasteiger partial charge in [-0.05, 0) is 37.3 Å². The fourth-order valence-corrected chi connectivity index (χ4v) is 2.41. The summed E-state index contributed by atoms with van der Waals surface area (Å²) < 4.78 is 0. The van der Waals surface area contributed by atoms with Crippen molar-refractivity contribution in [1.82, 2.24) is 4.90 Å². The lowest BCUT2D eigenvalue weighted by Crippen LogP contribution is -2.36. The van der Waals surface area contributed by atoms with E-state index in [-0.39, 0.29) is 5.91 Å². The molecule has 1 aliphatic heterocycles. The number of likely N-dealkylation sites (tertiary alicyclic amines) is 1. The fraction of sp³-hybridized carbons (Fsp3) is 0.400. The van der Waals surface area contributed by atoms with E-state index in [2.05, 4.69) is 24.3 Å². The summed E-state index contributed by atoms with van der Waals surface area (Å²) in [5.41, 5.74) is 1.41. The zero-order valence-corrected chi connectivity index (χ0v) is 10.3. The molecule has 17 heavy (non-hydrogen) atoms. The van der Waals surface area contributed by atoms with Crippen molar-refractivity contribution in [3.8, 4) is 0 Å². The second-order valence-corrected chi connectivity index (χ2v) is 4.51. The van der Waals surface area contributed by atoms with E-state index in [4.69, 9.17) is 0 Å². The lowest BCUT2D eigenvalue weighted by atomic mass is 9.89. The summed E-state index contributed by atoms with van der Waals surface area (Å²) in [6.07, 6.45) is 5.62. The molecule has 0 radical (unpaired) electrons. The molecule has 1 aromatic rings. The summed E-state index contributed by atoms with van der Waals surface area (Å²) in [4.78, 5) is 13.6. The molecule has 1 saturated heterocycles. The molecule has 0 atom stereocenters. The molecular weight excluding hydrogens is 210 g/mol. The molecular formula is C15H19NO. The van der Waals surface area contributed by atoms with Crippen LogP contribution in [-0.2, 0) is 4.79 Å². The predicted molar refractivity (Wildman–Crippen MR) is 69.8 cm³/mol. The maximum absolute atomic E-state index is 11.7. The molecule has 2 heteroatoms. The van der Waals surface area contributed by atoms with Crippen LogP contribution in [0, 0.1) is 0 Å². The van der Waals surface area contributed by atoms with Gasteiger partial charge in [0.2, 0.25) is 5.91 Å². The molecule has 2 rings (SSSR count). The monoisotopic (exact) mass is 229 g/mol. The van der Waals surface area contributed by atoms with Crippen molar-refractivity contribution in [3.63, 3.8) is 0 Å². The van der Waals surface area contributed by atoms with Crippen LogP contribution in [-0.4, -0.2) is 23.9 Å². The maximum atomic E-state index is 11.7. The molecule has 0 bridgehead atoms. The van der Waals surface area contributed by atoms with Crippen molar-refractivity contribution in [2.24, 2.45) is 0 Å². The third-order valence-electron chi connectivity index (χ3n) is 3.39. The predicted octanol–water partition coefficient (Wildman–Crippen LogP) is 2.97. The van der Waals surface area contributed by atoms with E-state index in [1.165, 1.54) is 5.56 Å². The Balaban J connectivity index is 1.92. The van der Waals surface area contributed by atoms with Crippen molar-refractivity contribution in [2.75, 3.05) is 13.1 Å². The Kier molecular flexibility index (Phi) is 3.97. The molecule has 0 aromatic heterocycles. The van der Waals surface area contributed by atoms with Crippen LogP contribution >= 0.6 is 0 Å². The average Bonchev–Trinajstić information content (AvgIpc) is 2.40. The second-order valence-electron chi connectivity index (χ2n) is 4.51. The van der Waals surface area contributed by atoms with Crippen molar-refractivity contribution >= 4 is 5.91 Å². The first-order valence-corrected chi connectivity index (χ1v) is 6.28. The van der Waals surface area contributed by atoms with Crippen LogP contribution in [0.25, 0.3) is 0 Å². The minimum absolute atomic E-state index is 0.152. The molecule has 0 spiro atoms. The van der Waals surface area contributed by atoms with Crippen LogP contribution in [0.5, 0.6) is 0 Å². The number of rotatable bonds is 2. The highest BCUT2D eigenvalue weighted by Gasteiger charge is 2.22. The van der Waals surface area contributed by atoms with Gasteiger partial charge >= 0.3 is 0 Å². The van der Waals surface area contributed by atoms with Crippen molar-refractivity contribution in [3.05, 3.63) is 48.0 Å². The summed E-state index contributed by atoms with van der Waals surface area (Å²) in [6, 6.07) is 10.6. The van der Waals surface area contributed by atoms with Crippen LogP contribution in [0.4, 0.5) is 0 Å². The number of hydrogen-bond acceptors (Lipinski definition) is 1. The molecule has 1 aliphatic rings. The van der Waals surface area contributed by atoms with Gasteiger partial charge in [0.15, 0.2) is 0 Å². The highest BCUT2D eigenvalue weighted by atomic mass is 16.2. The number of allylic oxidation sites excluding steroid dienone is 1. The fourth-order valence-electron chi connectivity index (χ4n) is 2.41. The van der Waals surface area contributed by atoms with E-state index in [1.807, 2.05) is 24.0 Å². The number of hydrogen-bond donors (Lipinski definition) is 0. The first-order chi connectivity index (χ1) is 8.31. The Bertz CT molecular complexity index is 389. The number of benzene rings is 1. The van der Waals surface area contributed by atoms with Gasteiger partial charge in [-0.2, -0.15) is 0 Å². The largest absolute Gasteiger partial charge is 0.339 e. The lowest BCUT2D eigenvalue weighted by Gasteiger charge is -2.31. The molecule has 0 aliphatic carbocycles. The Labute approximate surface area is 103 Å². The quantitative estimate of drug-likeness (QED) is 0.714. The second kappa shape index (κ2) is 5.67. The van der Waals surface area contributed by atoms with E-state index in [9.17, 15) is 4.79 Å². The molecule has 1 aromatic carbocycles. The Hall–Kier alpha value is -1.57. The summed E-state index contributed by atoms with van der Waals surface area (Å²) in [5, 5.41) is 0. The molecule has 0 saturated carbocycles. The van der Waals surface area contributed by atoms with Crippen LogP contribution in [0.1, 0.15) is 31.2 Å². The molecule has 0 N–H and O–H groups in total. The maximum Gasteiger partial charge on any atom is 0.246 e. The van der Waals surface area contributed by atoms with Gasteiger partial charge in [0.1, 0.15) is 0 Å². The normalized spacial score (nSPS) is 17.6. The standard InChI is InChI=1S/C15H19NO/c1-2-6-15(17)16-11-9-14(10-12-16)13-7-4-3-5-8-13/h2-8,14H,9-12H2,1H3/b6-2+. The van der Waals surface area contributed by atoms with Gasteiger partial charge in [0.25, 0.3) is 0 Å². The van der Waals surface area contributed by atoms with Crippen molar-refractivity contribution < 1.29 is 4.79 Å². The first kappa shape index (κ1) is 11.9. The van der Waals surface area contributed by atoms with Crippen molar-refractivity contribution in [2.45, 2.75) is 25.7 Å². The average molecular weight is 229 g/mol. The van der Waals surface area contributed by atoms with Gasteiger partial charge in [-0.15, -0.1) is 0 Å². The topological polar surface area (TPSA) is 20.3 Å². The Morgan fingerprint density at radius 3 is 2.47 bits per heavy atom. The lowest BCUT2D eigenvalue weighted by molar-refractivity contribution is -0.127. The third-order valence-corrected chi connectivity index (χ3v) is 3.39. The molecule has 90 valence electrons. The van der Waals surface area contributed by atoms with Gasteiger partial charge in [-0.3, -0.25) is 4.79 Å². The summed E-state index contributed by atoms with van der Waals surface area (Å²) in [7, 11) is 0. The molecule has 1 heterocycles. The zero-order valence-electron chi connectivity index (χ0n) is 10.3. The number of piperidine rings is 1. The Morgan fingerprint density at radius 2 is 1.88 bits per heavy atom. The van der Waals surface area contributed by atoms with Gasteiger partial charge in [-0.25, -0.2) is 0 Å². The molecule has 1 amide bonds. The highest BCUT2D eigenvalue weighted by molar-refractivity contribution is 5.87. The summed E-state index contributed by atoms with van der Waals surface area (Å²) >= 11 is 0. The number of carbonyl (C=O) groups excluding carboxylic acids is 1. The van der Waals surface area contributed by atoms with E-state index in [0.29, 0.717) is 5.92 Å². The number of carbonyl (C=O) groups is 1. The number of nitrogens with zero attached hydrogens (tertiary/aromatic N) is 1. The smallest absolute Gasteiger partial charge is 0.246 e. The highest BCUT2D eigenvalue weighted by Crippen LogP contribution is 2.27. The van der Waals surface area contributed by atoms with E-state index in [0.717, 1.165) is 25.9 Å². The van der Waals surface area contributed by atoms with Gasteiger partial charge < -0.3 is 4.90 Å². The van der Waals surface area contributed by atoms with Crippen LogP contribution in [0.2, 0.25) is 0 Å². The minimum Gasteiger partial charge on any atom is -0.339 e. The van der Waals surface area contributed by atoms with Crippen LogP contribution in [0.3, 0.4) is 0 Å². The van der Waals surface area contributed by atoms with E-state index >= 15 is 0 Å². The third kappa shape index (κ3) is 2.96. The SMILES string of the molecule is C/C=C/C(=O)N1CCC(c2ccccc2)CC1. The van der Waals surface area contributed by atoms with E-state index in [1.54, 1.807) is 6.08 Å². The molecule has 0 unspecified atom stereocenters. The van der Waals surface area contributed by atoms with Gasteiger partial charge in [-0.1, -0.05) is 36.4 Å². The number of amides is 1.